The van der Waals surface area contributed by atoms with Gasteiger partial charge in [0.1, 0.15) is 0 Å². The third kappa shape index (κ3) is 6.79. The van der Waals surface area contributed by atoms with E-state index in [1.807, 2.05) is 80.8 Å². The van der Waals surface area contributed by atoms with Gasteiger partial charge in [0.15, 0.2) is 0 Å². The predicted molar refractivity (Wildman–Crippen MR) is 123 cm³/mol. The summed E-state index contributed by atoms with van der Waals surface area (Å²) >= 11 is 0. The summed E-state index contributed by atoms with van der Waals surface area (Å²) in [6.07, 6.45) is 0.165. The van der Waals surface area contributed by atoms with Crippen molar-refractivity contribution < 1.29 is 9.59 Å². The number of nitrogens with one attached hydrogen (secondary N) is 2. The number of carbonyl (C=O) groups is 2. The van der Waals surface area contributed by atoms with E-state index >= 15 is 0 Å². The first-order chi connectivity index (χ1) is 15.0. The second-order valence-corrected chi connectivity index (χ2v) is 7.79. The van der Waals surface area contributed by atoms with Gasteiger partial charge < -0.3 is 15.5 Å². The van der Waals surface area contributed by atoms with Gasteiger partial charge in [-0.1, -0.05) is 72.8 Å². The zero-order valence-electron chi connectivity index (χ0n) is 18.0. The lowest BCUT2D eigenvalue weighted by atomic mass is 10.0. The van der Waals surface area contributed by atoms with Crippen molar-refractivity contribution in [1.29, 1.82) is 0 Å². The number of amides is 2. The summed E-state index contributed by atoms with van der Waals surface area (Å²) in [7, 11) is 4.05. The van der Waals surface area contributed by atoms with Crippen molar-refractivity contribution in [2.45, 2.75) is 25.6 Å². The summed E-state index contributed by atoms with van der Waals surface area (Å²) in [5.74, 6) is -0.305. The average molecular weight is 416 g/mol. The minimum Gasteiger partial charge on any atom is -0.352 e. The van der Waals surface area contributed by atoms with Crippen LogP contribution in [0.3, 0.4) is 0 Å². The fourth-order valence-electron chi connectivity index (χ4n) is 3.44. The Balaban J connectivity index is 1.67. The van der Waals surface area contributed by atoms with Crippen molar-refractivity contribution in [1.82, 2.24) is 15.5 Å². The van der Waals surface area contributed by atoms with Crippen molar-refractivity contribution in [3.63, 3.8) is 0 Å². The Morgan fingerprint density at radius 3 is 2.03 bits per heavy atom. The van der Waals surface area contributed by atoms with Crippen LogP contribution in [0.15, 0.2) is 84.9 Å². The molecule has 0 spiro atoms. The Hall–Kier alpha value is -3.44. The van der Waals surface area contributed by atoms with Crippen LogP contribution in [0.4, 0.5) is 0 Å². The van der Waals surface area contributed by atoms with E-state index in [0.717, 1.165) is 17.7 Å². The van der Waals surface area contributed by atoms with Crippen LogP contribution in [0, 0.1) is 0 Å². The molecule has 0 fully saturated rings. The van der Waals surface area contributed by atoms with Crippen LogP contribution in [0.1, 0.15) is 39.5 Å². The number of rotatable bonds is 9. The van der Waals surface area contributed by atoms with Gasteiger partial charge in [0.05, 0.1) is 12.5 Å². The zero-order chi connectivity index (χ0) is 22.1. The summed E-state index contributed by atoms with van der Waals surface area (Å²) < 4.78 is 0. The molecule has 0 saturated heterocycles. The molecule has 3 aromatic rings. The van der Waals surface area contributed by atoms with Crippen LogP contribution >= 0.6 is 0 Å². The lowest BCUT2D eigenvalue weighted by Gasteiger charge is -2.20. The highest BCUT2D eigenvalue weighted by atomic mass is 16.2. The molecule has 0 aliphatic heterocycles. The molecule has 0 aliphatic rings. The smallest absolute Gasteiger partial charge is 0.251 e. The quantitative estimate of drug-likeness (QED) is 0.557. The SMILES string of the molecule is CN(C)Cc1ccccc1CNC(=O)C[C@H](NC(=O)c1ccccc1)c1ccccc1. The van der Waals surface area contributed by atoms with Gasteiger partial charge in [-0.25, -0.2) is 0 Å². The lowest BCUT2D eigenvalue weighted by molar-refractivity contribution is -0.121. The van der Waals surface area contributed by atoms with Gasteiger partial charge in [-0.3, -0.25) is 9.59 Å². The summed E-state index contributed by atoms with van der Waals surface area (Å²) in [6, 6.07) is 26.3. The second kappa shape index (κ2) is 11.1. The monoisotopic (exact) mass is 415 g/mol. The first-order valence-corrected chi connectivity index (χ1v) is 10.4. The van der Waals surface area contributed by atoms with E-state index in [1.165, 1.54) is 5.56 Å². The molecule has 0 saturated carbocycles. The Kier molecular flexibility index (Phi) is 7.96. The molecule has 0 aliphatic carbocycles. The number of hydrogen-bond donors (Lipinski definition) is 2. The first kappa shape index (κ1) is 22.2. The number of carbonyl (C=O) groups excluding carboxylic acids is 2. The maximum atomic E-state index is 12.8. The maximum absolute atomic E-state index is 12.8. The first-order valence-electron chi connectivity index (χ1n) is 10.4. The van der Waals surface area contributed by atoms with E-state index in [2.05, 4.69) is 21.6 Å². The normalized spacial score (nSPS) is 11.7. The summed E-state index contributed by atoms with van der Waals surface area (Å²) in [6.45, 7) is 1.27. The van der Waals surface area contributed by atoms with E-state index in [4.69, 9.17) is 0 Å². The molecule has 0 bridgehead atoms. The molecular formula is C26H29N3O2. The molecule has 0 unspecified atom stereocenters. The van der Waals surface area contributed by atoms with Gasteiger partial charge in [-0.2, -0.15) is 0 Å². The Bertz CT molecular complexity index is 988. The molecular weight excluding hydrogens is 386 g/mol. The molecule has 0 radical (unpaired) electrons. The summed E-state index contributed by atoms with van der Waals surface area (Å²) in [5.41, 5.74) is 3.75. The van der Waals surface area contributed by atoms with E-state index in [-0.39, 0.29) is 18.2 Å². The van der Waals surface area contributed by atoms with Crippen molar-refractivity contribution in [3.8, 4) is 0 Å². The van der Waals surface area contributed by atoms with Gasteiger partial charge in [0.25, 0.3) is 5.91 Å². The highest BCUT2D eigenvalue weighted by molar-refractivity contribution is 5.94. The summed E-state index contributed by atoms with van der Waals surface area (Å²) in [4.78, 5) is 27.6. The van der Waals surface area contributed by atoms with Crippen molar-refractivity contribution in [2.75, 3.05) is 14.1 Å². The van der Waals surface area contributed by atoms with Gasteiger partial charge >= 0.3 is 0 Å². The molecule has 5 heteroatoms. The molecule has 0 heterocycles. The van der Waals surface area contributed by atoms with Gasteiger partial charge in [0, 0.05) is 18.7 Å². The molecule has 1 atom stereocenters. The highest BCUT2D eigenvalue weighted by Gasteiger charge is 2.19. The Labute approximate surface area is 184 Å². The number of nitrogens with zero attached hydrogens (tertiary/aromatic N) is 1. The van der Waals surface area contributed by atoms with E-state index in [9.17, 15) is 9.59 Å². The third-order valence-corrected chi connectivity index (χ3v) is 5.01. The third-order valence-electron chi connectivity index (χ3n) is 5.01. The topological polar surface area (TPSA) is 61.4 Å². The van der Waals surface area contributed by atoms with Crippen LogP contribution in [-0.2, 0) is 17.9 Å². The van der Waals surface area contributed by atoms with E-state index in [0.29, 0.717) is 12.1 Å². The molecule has 3 aromatic carbocycles. The van der Waals surface area contributed by atoms with Gasteiger partial charge in [-0.05, 0) is 42.9 Å². The molecule has 31 heavy (non-hydrogen) atoms. The van der Waals surface area contributed by atoms with E-state index in [1.54, 1.807) is 12.1 Å². The fraction of sp³-hybridized carbons (Fsp3) is 0.231. The Morgan fingerprint density at radius 1 is 0.806 bits per heavy atom. The average Bonchev–Trinajstić information content (AvgIpc) is 2.79. The zero-order valence-corrected chi connectivity index (χ0v) is 18.0. The molecule has 160 valence electrons. The fourth-order valence-corrected chi connectivity index (χ4v) is 3.44. The minimum atomic E-state index is -0.411. The van der Waals surface area contributed by atoms with Gasteiger partial charge in [-0.15, -0.1) is 0 Å². The van der Waals surface area contributed by atoms with E-state index < -0.39 is 6.04 Å². The lowest BCUT2D eigenvalue weighted by Crippen LogP contribution is -2.33. The standard InChI is InChI=1S/C26H29N3O2/c1-29(2)19-23-16-10-9-15-22(23)18-27-25(30)17-24(20-11-5-3-6-12-20)28-26(31)21-13-7-4-8-14-21/h3-16,24H,17-19H2,1-2H3,(H,27,30)(H,28,31)/t24-/m0/s1. The predicted octanol–water partition coefficient (Wildman–Crippen LogP) is 3.93. The van der Waals surface area contributed by atoms with Gasteiger partial charge in [0.2, 0.25) is 5.91 Å². The molecule has 2 N–H and O–H groups in total. The highest BCUT2D eigenvalue weighted by Crippen LogP contribution is 2.18. The molecule has 0 aromatic heterocycles. The van der Waals surface area contributed by atoms with Crippen molar-refractivity contribution >= 4 is 11.8 Å². The van der Waals surface area contributed by atoms with Crippen molar-refractivity contribution in [2.24, 2.45) is 0 Å². The van der Waals surface area contributed by atoms with Crippen molar-refractivity contribution in [3.05, 3.63) is 107 Å². The van der Waals surface area contributed by atoms with Crippen LogP contribution in [0.5, 0.6) is 0 Å². The second-order valence-electron chi connectivity index (χ2n) is 7.79. The van der Waals surface area contributed by atoms with Crippen LogP contribution < -0.4 is 10.6 Å². The van der Waals surface area contributed by atoms with Crippen LogP contribution in [0.2, 0.25) is 0 Å². The summed E-state index contributed by atoms with van der Waals surface area (Å²) in [5, 5.41) is 6.03. The molecule has 2 amide bonds. The minimum absolute atomic E-state index is 0.109. The largest absolute Gasteiger partial charge is 0.352 e. The van der Waals surface area contributed by atoms with Crippen LogP contribution in [-0.4, -0.2) is 30.8 Å². The molecule has 5 nitrogen and oxygen atoms in total. The number of hydrogen-bond acceptors (Lipinski definition) is 3. The Morgan fingerprint density at radius 2 is 1.39 bits per heavy atom. The maximum Gasteiger partial charge on any atom is 0.251 e. The number of benzene rings is 3. The van der Waals surface area contributed by atoms with Crippen LogP contribution in [0.25, 0.3) is 0 Å². The molecule has 3 rings (SSSR count).